The van der Waals surface area contributed by atoms with E-state index in [1.165, 1.54) is 25.0 Å². The summed E-state index contributed by atoms with van der Waals surface area (Å²) in [5, 5.41) is 8.90. The van der Waals surface area contributed by atoms with Crippen LogP contribution in [0.25, 0.3) is 11.3 Å². The van der Waals surface area contributed by atoms with Gasteiger partial charge in [-0.3, -0.25) is 4.90 Å². The molecule has 0 amide bonds. The number of oxazole rings is 1. The van der Waals surface area contributed by atoms with E-state index >= 15 is 0 Å². The van der Waals surface area contributed by atoms with E-state index in [1.54, 1.807) is 18.3 Å². The lowest BCUT2D eigenvalue weighted by atomic mass is 10.2. The molecule has 1 aromatic heterocycles. The van der Waals surface area contributed by atoms with Crippen molar-refractivity contribution in [2.45, 2.75) is 38.3 Å². The number of aliphatic hydroxyl groups is 1. The van der Waals surface area contributed by atoms with Crippen molar-refractivity contribution in [3.63, 3.8) is 0 Å². The Morgan fingerprint density at radius 2 is 2.00 bits per heavy atom. The van der Waals surface area contributed by atoms with Crippen LogP contribution in [-0.4, -0.2) is 34.2 Å². The van der Waals surface area contributed by atoms with Gasteiger partial charge in [-0.15, -0.1) is 0 Å². The van der Waals surface area contributed by atoms with Crippen LogP contribution >= 0.6 is 0 Å². The summed E-state index contributed by atoms with van der Waals surface area (Å²) in [6.07, 6.45) is 5.96. The highest BCUT2D eigenvalue weighted by Crippen LogP contribution is 2.29. The number of aliphatic hydroxyl groups excluding tert-OH is 1. The molecule has 0 atom stereocenters. The fourth-order valence-corrected chi connectivity index (χ4v) is 2.56. The average Bonchev–Trinajstić information content (AvgIpc) is 3.27. The van der Waals surface area contributed by atoms with Crippen molar-refractivity contribution >= 4 is 0 Å². The Balaban J connectivity index is 1.63. The molecule has 118 valence electrons. The van der Waals surface area contributed by atoms with E-state index in [1.807, 2.05) is 0 Å². The quantitative estimate of drug-likeness (QED) is 0.761. The fourth-order valence-electron chi connectivity index (χ4n) is 2.56. The summed E-state index contributed by atoms with van der Waals surface area (Å²) in [7, 11) is 0. The number of hydrogen-bond acceptors (Lipinski definition) is 4. The second-order valence-corrected chi connectivity index (χ2v) is 5.76. The van der Waals surface area contributed by atoms with E-state index in [2.05, 4.69) is 9.88 Å². The number of rotatable bonds is 8. The molecule has 0 unspecified atom stereocenters. The predicted molar refractivity (Wildman–Crippen MR) is 81.6 cm³/mol. The van der Waals surface area contributed by atoms with Crippen molar-refractivity contribution < 1.29 is 13.9 Å². The maximum absolute atomic E-state index is 13.0. The largest absolute Gasteiger partial charge is 0.439 e. The van der Waals surface area contributed by atoms with Crippen LogP contribution in [0.2, 0.25) is 0 Å². The van der Waals surface area contributed by atoms with Crippen LogP contribution in [0, 0.1) is 5.82 Å². The van der Waals surface area contributed by atoms with Crippen LogP contribution in [-0.2, 0) is 6.54 Å². The van der Waals surface area contributed by atoms with Crippen LogP contribution in [0.15, 0.2) is 34.9 Å². The molecule has 1 aromatic carbocycles. The normalized spacial score (nSPS) is 14.7. The van der Waals surface area contributed by atoms with Crippen molar-refractivity contribution in [2.24, 2.45) is 0 Å². The third-order valence-corrected chi connectivity index (χ3v) is 3.94. The van der Waals surface area contributed by atoms with Crippen molar-refractivity contribution in [3.8, 4) is 11.3 Å². The molecule has 1 N–H and O–H groups in total. The van der Waals surface area contributed by atoms with Gasteiger partial charge in [0.15, 0.2) is 5.76 Å². The summed E-state index contributed by atoms with van der Waals surface area (Å²) < 4.78 is 18.8. The first-order chi connectivity index (χ1) is 10.8. The summed E-state index contributed by atoms with van der Waals surface area (Å²) in [6.45, 7) is 1.89. The van der Waals surface area contributed by atoms with Gasteiger partial charge in [0.1, 0.15) is 5.82 Å². The molecule has 4 nitrogen and oxygen atoms in total. The molecule has 1 saturated carbocycles. The van der Waals surface area contributed by atoms with E-state index in [0.717, 1.165) is 24.9 Å². The van der Waals surface area contributed by atoms with Crippen molar-refractivity contribution in [1.29, 1.82) is 0 Å². The summed E-state index contributed by atoms with van der Waals surface area (Å²) in [4.78, 5) is 6.71. The van der Waals surface area contributed by atoms with E-state index in [4.69, 9.17) is 9.52 Å². The third-order valence-electron chi connectivity index (χ3n) is 3.94. The summed E-state index contributed by atoms with van der Waals surface area (Å²) in [5.74, 6) is 1.10. The molecule has 0 saturated heterocycles. The van der Waals surface area contributed by atoms with Gasteiger partial charge in [0.25, 0.3) is 0 Å². The van der Waals surface area contributed by atoms with Crippen LogP contribution in [0.3, 0.4) is 0 Å². The highest BCUT2D eigenvalue weighted by Gasteiger charge is 2.29. The second kappa shape index (κ2) is 7.03. The van der Waals surface area contributed by atoms with E-state index in [9.17, 15) is 4.39 Å². The maximum atomic E-state index is 13.0. The zero-order valence-corrected chi connectivity index (χ0v) is 12.5. The first kappa shape index (κ1) is 15.2. The number of hydrogen-bond donors (Lipinski definition) is 1. The number of halogens is 1. The summed E-state index contributed by atoms with van der Waals surface area (Å²) >= 11 is 0. The lowest BCUT2D eigenvalue weighted by Gasteiger charge is -2.19. The van der Waals surface area contributed by atoms with Gasteiger partial charge in [-0.2, -0.15) is 0 Å². The van der Waals surface area contributed by atoms with Crippen molar-refractivity contribution in [3.05, 3.63) is 42.2 Å². The molecule has 2 aromatic rings. The van der Waals surface area contributed by atoms with E-state index < -0.39 is 0 Å². The highest BCUT2D eigenvalue weighted by molar-refractivity contribution is 5.55. The lowest BCUT2D eigenvalue weighted by molar-refractivity contribution is 0.212. The minimum atomic E-state index is -0.257. The Morgan fingerprint density at radius 1 is 1.23 bits per heavy atom. The molecule has 22 heavy (non-hydrogen) atoms. The van der Waals surface area contributed by atoms with E-state index in [0.29, 0.717) is 24.2 Å². The number of aromatic nitrogens is 1. The van der Waals surface area contributed by atoms with Crippen LogP contribution in [0.5, 0.6) is 0 Å². The van der Waals surface area contributed by atoms with Gasteiger partial charge in [0.2, 0.25) is 5.89 Å². The van der Waals surface area contributed by atoms with Crippen molar-refractivity contribution in [1.82, 2.24) is 9.88 Å². The van der Waals surface area contributed by atoms with Gasteiger partial charge in [0, 0.05) is 18.2 Å². The Hall–Kier alpha value is -1.72. The lowest BCUT2D eigenvalue weighted by Crippen LogP contribution is -2.27. The predicted octanol–water partition coefficient (Wildman–Crippen LogP) is 3.22. The monoisotopic (exact) mass is 304 g/mol. The average molecular weight is 304 g/mol. The molecule has 1 aliphatic rings. The Morgan fingerprint density at radius 3 is 2.68 bits per heavy atom. The molecule has 1 heterocycles. The third kappa shape index (κ3) is 3.93. The Kier molecular flexibility index (Phi) is 4.85. The second-order valence-electron chi connectivity index (χ2n) is 5.76. The van der Waals surface area contributed by atoms with Gasteiger partial charge >= 0.3 is 0 Å². The fraction of sp³-hybridized carbons (Fsp3) is 0.471. The highest BCUT2D eigenvalue weighted by atomic mass is 19.1. The van der Waals surface area contributed by atoms with Crippen molar-refractivity contribution in [2.75, 3.05) is 13.2 Å². The van der Waals surface area contributed by atoms with Crippen LogP contribution in [0.4, 0.5) is 4.39 Å². The van der Waals surface area contributed by atoms with Gasteiger partial charge < -0.3 is 9.52 Å². The molecule has 1 aliphatic carbocycles. The van der Waals surface area contributed by atoms with Crippen LogP contribution < -0.4 is 0 Å². The topological polar surface area (TPSA) is 49.5 Å². The molecule has 0 spiro atoms. The number of benzene rings is 1. The van der Waals surface area contributed by atoms with E-state index in [-0.39, 0.29) is 12.4 Å². The zero-order valence-electron chi connectivity index (χ0n) is 12.5. The molecule has 0 radical (unpaired) electrons. The molecule has 3 rings (SSSR count). The number of nitrogens with zero attached hydrogens (tertiary/aromatic N) is 2. The molecular formula is C17H21FN2O2. The first-order valence-electron chi connectivity index (χ1n) is 7.82. The molecule has 1 fully saturated rings. The summed E-state index contributed by atoms with van der Waals surface area (Å²) in [6, 6.07) is 6.85. The maximum Gasteiger partial charge on any atom is 0.209 e. The molecule has 0 bridgehead atoms. The minimum absolute atomic E-state index is 0.242. The molecule has 0 aliphatic heterocycles. The molecule has 5 heteroatoms. The standard InChI is InChI=1S/C17H21FN2O2/c18-14-5-3-13(4-6-14)16-11-19-17(22-16)12-20(15-7-8-15)9-1-2-10-21/h3-6,11,15,21H,1-2,7-10,12H2. The van der Waals surface area contributed by atoms with Gasteiger partial charge in [-0.1, -0.05) is 0 Å². The molecular weight excluding hydrogens is 283 g/mol. The SMILES string of the molecule is OCCCCN(Cc1ncc(-c2ccc(F)cc2)o1)C1CC1. The van der Waals surface area contributed by atoms with Gasteiger partial charge in [-0.05, 0) is 56.5 Å². The minimum Gasteiger partial charge on any atom is -0.439 e. The van der Waals surface area contributed by atoms with Crippen LogP contribution in [0.1, 0.15) is 31.6 Å². The smallest absolute Gasteiger partial charge is 0.209 e. The zero-order chi connectivity index (χ0) is 15.4. The number of unbranched alkanes of at least 4 members (excludes halogenated alkanes) is 1. The first-order valence-corrected chi connectivity index (χ1v) is 7.82. The Bertz CT molecular complexity index is 593. The van der Waals surface area contributed by atoms with Gasteiger partial charge in [0.05, 0.1) is 12.7 Å². The summed E-state index contributed by atoms with van der Waals surface area (Å²) in [5.41, 5.74) is 0.832. The van der Waals surface area contributed by atoms with Gasteiger partial charge in [-0.25, -0.2) is 9.37 Å². The Labute approximate surface area is 129 Å².